The van der Waals surface area contributed by atoms with E-state index >= 15 is 0 Å². The van der Waals surface area contributed by atoms with Crippen molar-refractivity contribution in [2.75, 3.05) is 11.9 Å². The molecular formula is C18H23ClN2. The fourth-order valence-corrected chi connectivity index (χ4v) is 2.61. The van der Waals surface area contributed by atoms with Gasteiger partial charge < -0.3 is 4.90 Å². The molecule has 0 amide bonds. The number of pyridine rings is 1. The second-order valence-corrected chi connectivity index (χ2v) is 5.82. The molecule has 0 aliphatic carbocycles. The number of halogens is 1. The SMILES string of the molecule is CCCc1cc(CCl)cc(N(C)Cc2cccc(C)c2)n1. The fourth-order valence-electron chi connectivity index (χ4n) is 2.46. The van der Waals surface area contributed by atoms with E-state index in [9.17, 15) is 0 Å². The first-order valence-corrected chi connectivity index (χ1v) is 7.98. The molecule has 1 heterocycles. The molecule has 0 atom stereocenters. The van der Waals surface area contributed by atoms with Crippen molar-refractivity contribution in [2.24, 2.45) is 0 Å². The first-order valence-electron chi connectivity index (χ1n) is 7.45. The molecule has 2 rings (SSSR count). The van der Waals surface area contributed by atoms with E-state index in [2.05, 4.69) is 62.2 Å². The van der Waals surface area contributed by atoms with E-state index in [1.165, 1.54) is 11.1 Å². The second-order valence-electron chi connectivity index (χ2n) is 5.55. The standard InChI is InChI=1S/C18H23ClN2/c1-4-6-17-10-16(12-19)11-18(20-17)21(3)13-15-8-5-7-14(2)9-15/h5,7-11H,4,6,12-13H2,1-3H3. The predicted molar refractivity (Wildman–Crippen MR) is 91.1 cm³/mol. The van der Waals surface area contributed by atoms with Crippen molar-refractivity contribution in [1.29, 1.82) is 0 Å². The third kappa shape index (κ3) is 4.47. The summed E-state index contributed by atoms with van der Waals surface area (Å²) in [4.78, 5) is 6.94. The highest BCUT2D eigenvalue weighted by Crippen LogP contribution is 2.19. The smallest absolute Gasteiger partial charge is 0.129 e. The second kappa shape index (κ2) is 7.46. The molecule has 0 aliphatic heterocycles. The Morgan fingerprint density at radius 3 is 2.62 bits per heavy atom. The zero-order valence-electron chi connectivity index (χ0n) is 13.1. The number of hydrogen-bond donors (Lipinski definition) is 0. The molecule has 21 heavy (non-hydrogen) atoms. The maximum atomic E-state index is 6.01. The van der Waals surface area contributed by atoms with Crippen LogP contribution >= 0.6 is 11.6 Å². The molecule has 0 unspecified atom stereocenters. The Morgan fingerprint density at radius 1 is 1.14 bits per heavy atom. The highest BCUT2D eigenvalue weighted by molar-refractivity contribution is 6.17. The van der Waals surface area contributed by atoms with Crippen molar-refractivity contribution in [1.82, 2.24) is 4.98 Å². The van der Waals surface area contributed by atoms with Gasteiger partial charge >= 0.3 is 0 Å². The fraction of sp³-hybridized carbons (Fsp3) is 0.389. The lowest BCUT2D eigenvalue weighted by Gasteiger charge is -2.20. The average molecular weight is 303 g/mol. The van der Waals surface area contributed by atoms with E-state index in [1.54, 1.807) is 0 Å². The lowest BCUT2D eigenvalue weighted by Crippen LogP contribution is -2.18. The minimum Gasteiger partial charge on any atom is -0.355 e. The number of benzene rings is 1. The Labute approximate surface area is 132 Å². The number of aromatic nitrogens is 1. The van der Waals surface area contributed by atoms with Crippen LogP contribution in [-0.4, -0.2) is 12.0 Å². The number of hydrogen-bond acceptors (Lipinski definition) is 2. The molecular weight excluding hydrogens is 280 g/mol. The van der Waals surface area contributed by atoms with Crippen LogP contribution in [0.4, 0.5) is 5.82 Å². The highest BCUT2D eigenvalue weighted by Gasteiger charge is 2.07. The molecule has 2 aromatic rings. The normalized spacial score (nSPS) is 10.7. The molecule has 3 heteroatoms. The summed E-state index contributed by atoms with van der Waals surface area (Å²) in [6.07, 6.45) is 2.09. The third-order valence-electron chi connectivity index (χ3n) is 3.48. The molecule has 0 saturated carbocycles. The molecule has 0 saturated heterocycles. The molecule has 1 aromatic heterocycles. The van der Waals surface area contributed by atoms with E-state index < -0.39 is 0 Å². The van der Waals surface area contributed by atoms with Crippen molar-refractivity contribution >= 4 is 17.4 Å². The number of rotatable bonds is 6. The number of nitrogens with zero attached hydrogens (tertiary/aromatic N) is 2. The van der Waals surface area contributed by atoms with Gasteiger partial charge in [0.15, 0.2) is 0 Å². The van der Waals surface area contributed by atoms with Crippen molar-refractivity contribution in [3.63, 3.8) is 0 Å². The Kier molecular flexibility index (Phi) is 5.63. The number of alkyl halides is 1. The van der Waals surface area contributed by atoms with Crippen molar-refractivity contribution < 1.29 is 0 Å². The van der Waals surface area contributed by atoms with Gasteiger partial charge in [-0.3, -0.25) is 0 Å². The van der Waals surface area contributed by atoms with E-state index in [0.717, 1.165) is 36.5 Å². The summed E-state index contributed by atoms with van der Waals surface area (Å²) in [5.41, 5.74) is 4.85. The van der Waals surface area contributed by atoms with Crippen LogP contribution in [-0.2, 0) is 18.8 Å². The minimum absolute atomic E-state index is 0.532. The Hall–Kier alpha value is -1.54. The van der Waals surface area contributed by atoms with Crippen LogP contribution < -0.4 is 4.90 Å². The van der Waals surface area contributed by atoms with Crippen LogP contribution in [0.2, 0.25) is 0 Å². The Bertz CT molecular complexity index is 596. The van der Waals surface area contributed by atoms with Crippen molar-refractivity contribution in [2.45, 2.75) is 39.1 Å². The first-order chi connectivity index (χ1) is 10.1. The van der Waals surface area contributed by atoms with Crippen LogP contribution in [0.3, 0.4) is 0 Å². The van der Waals surface area contributed by atoms with Crippen LogP contribution in [0.25, 0.3) is 0 Å². The molecule has 0 aliphatic rings. The average Bonchev–Trinajstić information content (AvgIpc) is 2.47. The van der Waals surface area contributed by atoms with Crippen molar-refractivity contribution in [3.8, 4) is 0 Å². The van der Waals surface area contributed by atoms with Crippen LogP contribution in [0.5, 0.6) is 0 Å². The van der Waals surface area contributed by atoms with Gasteiger partial charge in [0, 0.05) is 25.2 Å². The summed E-state index contributed by atoms with van der Waals surface area (Å²) >= 11 is 6.01. The van der Waals surface area contributed by atoms with E-state index in [1.807, 2.05) is 0 Å². The molecule has 0 spiro atoms. The minimum atomic E-state index is 0.532. The maximum absolute atomic E-state index is 6.01. The molecule has 0 bridgehead atoms. The van der Waals surface area contributed by atoms with Crippen LogP contribution in [0.15, 0.2) is 36.4 Å². The highest BCUT2D eigenvalue weighted by atomic mass is 35.5. The van der Waals surface area contributed by atoms with E-state index in [4.69, 9.17) is 16.6 Å². The van der Waals surface area contributed by atoms with Gasteiger partial charge in [-0.25, -0.2) is 4.98 Å². The Balaban J connectivity index is 2.21. The summed E-state index contributed by atoms with van der Waals surface area (Å²) in [5.74, 6) is 1.53. The van der Waals surface area contributed by atoms with Gasteiger partial charge in [0.2, 0.25) is 0 Å². The van der Waals surface area contributed by atoms with Gasteiger partial charge in [-0.2, -0.15) is 0 Å². The van der Waals surface area contributed by atoms with Crippen LogP contribution in [0.1, 0.15) is 35.7 Å². The largest absolute Gasteiger partial charge is 0.355 e. The lowest BCUT2D eigenvalue weighted by molar-refractivity contribution is 0.846. The van der Waals surface area contributed by atoms with Gasteiger partial charge in [-0.05, 0) is 36.6 Å². The van der Waals surface area contributed by atoms with Gasteiger partial charge in [0.25, 0.3) is 0 Å². The zero-order valence-corrected chi connectivity index (χ0v) is 13.8. The quantitative estimate of drug-likeness (QED) is 0.718. The van der Waals surface area contributed by atoms with E-state index in [-0.39, 0.29) is 0 Å². The zero-order chi connectivity index (χ0) is 15.2. The first kappa shape index (κ1) is 15.8. The third-order valence-corrected chi connectivity index (χ3v) is 3.79. The summed E-state index contributed by atoms with van der Waals surface area (Å²) in [7, 11) is 2.08. The lowest BCUT2D eigenvalue weighted by atomic mass is 10.1. The van der Waals surface area contributed by atoms with E-state index in [0.29, 0.717) is 5.88 Å². The monoisotopic (exact) mass is 302 g/mol. The molecule has 112 valence electrons. The molecule has 2 nitrogen and oxygen atoms in total. The maximum Gasteiger partial charge on any atom is 0.129 e. The predicted octanol–water partition coefficient (Wildman–Crippen LogP) is 4.72. The summed E-state index contributed by atoms with van der Waals surface area (Å²) in [5, 5.41) is 0. The summed E-state index contributed by atoms with van der Waals surface area (Å²) < 4.78 is 0. The molecule has 0 fully saturated rings. The summed E-state index contributed by atoms with van der Waals surface area (Å²) in [6, 6.07) is 12.8. The Morgan fingerprint density at radius 2 is 1.95 bits per heavy atom. The van der Waals surface area contributed by atoms with Crippen LogP contribution in [0, 0.1) is 6.92 Å². The number of aryl methyl sites for hydroxylation is 2. The number of anilines is 1. The molecule has 0 radical (unpaired) electrons. The van der Waals surface area contributed by atoms with Crippen molar-refractivity contribution in [3.05, 3.63) is 58.8 Å². The molecule has 0 N–H and O–H groups in total. The van der Waals surface area contributed by atoms with Gasteiger partial charge in [-0.15, -0.1) is 11.6 Å². The van der Waals surface area contributed by atoms with Gasteiger partial charge in [0.1, 0.15) is 5.82 Å². The topological polar surface area (TPSA) is 16.1 Å². The van der Waals surface area contributed by atoms with Gasteiger partial charge in [-0.1, -0.05) is 43.2 Å². The molecule has 1 aromatic carbocycles. The van der Waals surface area contributed by atoms with Gasteiger partial charge in [0.05, 0.1) is 0 Å². The summed E-state index contributed by atoms with van der Waals surface area (Å²) in [6.45, 7) is 5.15.